The van der Waals surface area contributed by atoms with E-state index in [0.717, 1.165) is 0 Å². The van der Waals surface area contributed by atoms with Gasteiger partial charge >= 0.3 is 0 Å². The zero-order valence-electron chi connectivity index (χ0n) is 16.2. The molecule has 0 atom stereocenters. The van der Waals surface area contributed by atoms with Crippen molar-refractivity contribution in [3.05, 3.63) is 88.0 Å². The van der Waals surface area contributed by atoms with Crippen LogP contribution in [-0.2, 0) is 0 Å². The zero-order chi connectivity index (χ0) is 18.1. The maximum atomic E-state index is 2.27. The fraction of sp³-hybridized carbons (Fsp3) is 0.250. The van der Waals surface area contributed by atoms with Crippen LogP contribution in [0.15, 0.2) is 54.6 Å². The molecule has 0 nitrogen and oxygen atoms in total. The molecule has 0 bridgehead atoms. The van der Waals surface area contributed by atoms with E-state index >= 15 is 0 Å². The summed E-state index contributed by atoms with van der Waals surface area (Å²) in [6.07, 6.45) is 0. The number of hydrogen-bond acceptors (Lipinski definition) is 0. The second-order valence-corrected chi connectivity index (χ2v) is 9.43. The highest BCUT2D eigenvalue weighted by molar-refractivity contribution is 7.80. The third kappa shape index (κ3) is 3.29. The van der Waals surface area contributed by atoms with Gasteiger partial charge in [-0.1, -0.05) is 54.6 Å². The first-order chi connectivity index (χ1) is 11.9. The summed E-state index contributed by atoms with van der Waals surface area (Å²) in [6, 6.07) is 20.2. The first kappa shape index (κ1) is 17.9. The summed E-state index contributed by atoms with van der Waals surface area (Å²) in [7, 11) is -1.06. The minimum absolute atomic E-state index is 1.06. The van der Waals surface area contributed by atoms with Gasteiger partial charge in [-0.15, -0.1) is 0 Å². The number of rotatable bonds is 3. The van der Waals surface area contributed by atoms with Crippen LogP contribution in [0.4, 0.5) is 0 Å². The van der Waals surface area contributed by atoms with Crippen LogP contribution < -0.4 is 15.9 Å². The highest BCUT2D eigenvalue weighted by Crippen LogP contribution is 2.39. The van der Waals surface area contributed by atoms with Gasteiger partial charge in [-0.2, -0.15) is 0 Å². The fourth-order valence-corrected chi connectivity index (χ4v) is 7.62. The molecule has 0 N–H and O–H groups in total. The summed E-state index contributed by atoms with van der Waals surface area (Å²) >= 11 is 0. The van der Waals surface area contributed by atoms with Crippen LogP contribution in [0.2, 0.25) is 0 Å². The molecule has 0 saturated carbocycles. The Bertz CT molecular complexity index is 738. The van der Waals surface area contributed by atoms with E-state index in [1.807, 2.05) is 0 Å². The zero-order valence-corrected chi connectivity index (χ0v) is 17.2. The average molecular weight is 347 g/mol. The molecule has 0 aliphatic heterocycles. The SMILES string of the molecule is Cc1cccc(C)c1[PH+](c1c(C)cccc1C)c1c(C)cccc1C. The van der Waals surface area contributed by atoms with Crippen molar-refractivity contribution >= 4 is 23.8 Å². The molecule has 0 aromatic heterocycles. The molecule has 3 rings (SSSR count). The molecule has 1 heteroatoms. The first-order valence-electron chi connectivity index (χ1n) is 8.98. The third-order valence-corrected chi connectivity index (χ3v) is 9.06. The first-order valence-corrected chi connectivity index (χ1v) is 10.5. The largest absolute Gasteiger partial charge is 0.108 e. The summed E-state index contributed by atoms with van der Waals surface area (Å²) in [5, 5.41) is 4.67. The van der Waals surface area contributed by atoms with Crippen LogP contribution >= 0.6 is 7.92 Å². The molecule has 25 heavy (non-hydrogen) atoms. The lowest BCUT2D eigenvalue weighted by atomic mass is 10.1. The standard InChI is InChI=1S/C24H27P/c1-16-10-7-11-17(2)22(16)25(23-18(3)12-8-13-19(23)4)24-20(5)14-9-15-21(24)6/h7-15H,1-6H3/p+1. The molecule has 0 unspecified atom stereocenters. The van der Waals surface area contributed by atoms with Gasteiger partial charge in [-0.3, -0.25) is 0 Å². The predicted molar refractivity (Wildman–Crippen MR) is 115 cm³/mol. The molecular weight excluding hydrogens is 319 g/mol. The average Bonchev–Trinajstić information content (AvgIpc) is 2.53. The van der Waals surface area contributed by atoms with Gasteiger partial charge in [0.1, 0.15) is 23.8 Å². The van der Waals surface area contributed by atoms with Gasteiger partial charge in [0.2, 0.25) is 0 Å². The highest BCUT2D eigenvalue weighted by atomic mass is 31.1. The lowest BCUT2D eigenvalue weighted by Gasteiger charge is -2.21. The topological polar surface area (TPSA) is 0 Å². The highest BCUT2D eigenvalue weighted by Gasteiger charge is 2.34. The lowest BCUT2D eigenvalue weighted by molar-refractivity contribution is 1.40. The molecule has 3 aromatic rings. The molecule has 128 valence electrons. The van der Waals surface area contributed by atoms with E-state index < -0.39 is 7.92 Å². The van der Waals surface area contributed by atoms with Crippen LogP contribution in [0.3, 0.4) is 0 Å². The van der Waals surface area contributed by atoms with E-state index in [9.17, 15) is 0 Å². The maximum absolute atomic E-state index is 2.27. The van der Waals surface area contributed by atoms with E-state index in [-0.39, 0.29) is 0 Å². The predicted octanol–water partition coefficient (Wildman–Crippen LogP) is 5.03. The Kier molecular flexibility index (Phi) is 5.11. The van der Waals surface area contributed by atoms with Crippen molar-refractivity contribution in [1.82, 2.24) is 0 Å². The van der Waals surface area contributed by atoms with Gasteiger partial charge in [0.15, 0.2) is 0 Å². The van der Waals surface area contributed by atoms with Gasteiger partial charge in [-0.25, -0.2) is 0 Å². The molecule has 0 spiro atoms. The number of benzene rings is 3. The molecule has 0 fully saturated rings. The molecule has 3 aromatic carbocycles. The number of aryl methyl sites for hydroxylation is 6. The number of hydrogen-bond donors (Lipinski definition) is 0. The maximum Gasteiger partial charge on any atom is 0.108 e. The van der Waals surface area contributed by atoms with E-state index in [1.54, 1.807) is 15.9 Å². The van der Waals surface area contributed by atoms with Crippen molar-refractivity contribution in [2.45, 2.75) is 41.5 Å². The minimum Gasteiger partial charge on any atom is -0.0614 e. The van der Waals surface area contributed by atoms with E-state index in [4.69, 9.17) is 0 Å². The van der Waals surface area contributed by atoms with E-state index in [2.05, 4.69) is 96.1 Å². The molecule has 0 aliphatic carbocycles. The second-order valence-electron chi connectivity index (χ2n) is 7.18. The van der Waals surface area contributed by atoms with Crippen LogP contribution in [0.1, 0.15) is 33.4 Å². The second kappa shape index (κ2) is 7.14. The Morgan fingerprint density at radius 1 is 0.400 bits per heavy atom. The molecule has 0 heterocycles. The van der Waals surface area contributed by atoms with Crippen LogP contribution in [0.5, 0.6) is 0 Å². The Hall–Kier alpha value is -1.91. The monoisotopic (exact) mass is 347 g/mol. The van der Waals surface area contributed by atoms with Crippen molar-refractivity contribution in [3.8, 4) is 0 Å². The Balaban J connectivity index is 2.42. The minimum atomic E-state index is -1.06. The normalized spacial score (nSPS) is 11.2. The summed E-state index contributed by atoms with van der Waals surface area (Å²) in [4.78, 5) is 0. The molecule has 0 aliphatic rings. The fourth-order valence-electron chi connectivity index (χ4n) is 4.00. The Labute approximate surface area is 153 Å². The van der Waals surface area contributed by atoms with Gasteiger partial charge in [-0.05, 0) is 74.9 Å². The van der Waals surface area contributed by atoms with Crippen LogP contribution in [0, 0.1) is 41.5 Å². The van der Waals surface area contributed by atoms with Crippen molar-refractivity contribution in [2.75, 3.05) is 0 Å². The summed E-state index contributed by atoms with van der Waals surface area (Å²) in [6.45, 7) is 13.6. The van der Waals surface area contributed by atoms with Crippen LogP contribution in [-0.4, -0.2) is 0 Å². The Morgan fingerprint density at radius 2 is 0.600 bits per heavy atom. The van der Waals surface area contributed by atoms with Crippen molar-refractivity contribution in [1.29, 1.82) is 0 Å². The van der Waals surface area contributed by atoms with Gasteiger partial charge in [0.05, 0.1) is 0 Å². The van der Waals surface area contributed by atoms with Crippen molar-refractivity contribution < 1.29 is 0 Å². The summed E-state index contributed by atoms with van der Waals surface area (Å²) < 4.78 is 0. The van der Waals surface area contributed by atoms with Gasteiger partial charge < -0.3 is 0 Å². The van der Waals surface area contributed by atoms with Crippen molar-refractivity contribution in [3.63, 3.8) is 0 Å². The Morgan fingerprint density at radius 3 is 0.800 bits per heavy atom. The van der Waals surface area contributed by atoms with Gasteiger partial charge in [0, 0.05) is 0 Å². The third-order valence-electron chi connectivity index (χ3n) is 5.19. The lowest BCUT2D eigenvalue weighted by Crippen LogP contribution is -2.29. The van der Waals surface area contributed by atoms with E-state index in [1.165, 1.54) is 33.4 Å². The molecule has 0 amide bonds. The summed E-state index contributed by atoms with van der Waals surface area (Å²) in [5.41, 5.74) is 8.50. The molecule has 0 saturated heterocycles. The van der Waals surface area contributed by atoms with Crippen molar-refractivity contribution in [2.24, 2.45) is 0 Å². The molecular formula is C24H28P+. The summed E-state index contributed by atoms with van der Waals surface area (Å²) in [5.74, 6) is 0. The molecule has 0 radical (unpaired) electrons. The van der Waals surface area contributed by atoms with Crippen LogP contribution in [0.25, 0.3) is 0 Å². The smallest absolute Gasteiger partial charge is 0.0614 e. The van der Waals surface area contributed by atoms with E-state index in [0.29, 0.717) is 0 Å². The quantitative estimate of drug-likeness (QED) is 0.583. The van der Waals surface area contributed by atoms with Gasteiger partial charge in [0.25, 0.3) is 0 Å².